The molecule has 1 N–H and O–H groups in total. The molecule has 0 aliphatic carbocycles. The quantitative estimate of drug-likeness (QED) is 0.854. The van der Waals surface area contributed by atoms with Gasteiger partial charge in [-0.15, -0.1) is 11.8 Å². The number of aliphatic hydroxyl groups excluding tert-OH is 1. The summed E-state index contributed by atoms with van der Waals surface area (Å²) in [6.45, 7) is 0. The van der Waals surface area contributed by atoms with E-state index in [4.69, 9.17) is 4.74 Å². The second-order valence-corrected chi connectivity index (χ2v) is 4.93. The van der Waals surface area contributed by atoms with Crippen molar-refractivity contribution in [3.05, 3.63) is 54.0 Å². The van der Waals surface area contributed by atoms with E-state index in [9.17, 15) is 9.50 Å². The average Bonchev–Trinajstić information content (AvgIpc) is 2.45. The molecule has 0 aliphatic rings. The topological polar surface area (TPSA) is 42.4 Å². The van der Waals surface area contributed by atoms with Crippen molar-refractivity contribution in [2.45, 2.75) is 11.1 Å². The van der Waals surface area contributed by atoms with E-state index in [-0.39, 0.29) is 5.75 Å². The summed E-state index contributed by atoms with van der Waals surface area (Å²) in [5, 5.41) is 10.8. The molecule has 1 atom stereocenters. The van der Waals surface area contributed by atoms with Crippen LogP contribution in [-0.4, -0.2) is 23.0 Å². The molecule has 5 heteroatoms. The molecule has 1 aromatic heterocycles. The Kier molecular flexibility index (Phi) is 4.76. The van der Waals surface area contributed by atoms with Crippen LogP contribution in [0.25, 0.3) is 0 Å². The SMILES string of the molecule is COc1ccc(C(O)CSc2ccccn2)cc1F. The molecule has 0 radical (unpaired) electrons. The Hall–Kier alpha value is -1.59. The third kappa shape index (κ3) is 3.68. The van der Waals surface area contributed by atoms with Gasteiger partial charge in [-0.2, -0.15) is 0 Å². The van der Waals surface area contributed by atoms with Crippen LogP contribution >= 0.6 is 11.8 Å². The van der Waals surface area contributed by atoms with E-state index in [2.05, 4.69) is 4.98 Å². The largest absolute Gasteiger partial charge is 0.494 e. The van der Waals surface area contributed by atoms with E-state index in [1.165, 1.54) is 31.0 Å². The molecule has 2 aromatic rings. The fourth-order valence-corrected chi connectivity index (χ4v) is 2.41. The minimum atomic E-state index is -0.743. The fourth-order valence-electron chi connectivity index (χ4n) is 1.58. The number of benzene rings is 1. The smallest absolute Gasteiger partial charge is 0.165 e. The first-order chi connectivity index (χ1) is 9.20. The highest BCUT2D eigenvalue weighted by atomic mass is 32.2. The van der Waals surface area contributed by atoms with Gasteiger partial charge in [-0.1, -0.05) is 12.1 Å². The number of aliphatic hydroxyl groups is 1. The van der Waals surface area contributed by atoms with E-state index in [1.807, 2.05) is 18.2 Å². The van der Waals surface area contributed by atoms with Crippen LogP contribution in [0, 0.1) is 5.82 Å². The summed E-state index contributed by atoms with van der Waals surface area (Å²) in [7, 11) is 1.41. The van der Waals surface area contributed by atoms with Gasteiger partial charge >= 0.3 is 0 Å². The number of hydrogen-bond acceptors (Lipinski definition) is 4. The molecule has 3 nitrogen and oxygen atoms in total. The minimum Gasteiger partial charge on any atom is -0.494 e. The number of thioether (sulfide) groups is 1. The molecular formula is C14H14FNO2S. The summed E-state index contributed by atoms with van der Waals surface area (Å²) in [4.78, 5) is 4.15. The van der Waals surface area contributed by atoms with E-state index < -0.39 is 11.9 Å². The van der Waals surface area contributed by atoms with Gasteiger partial charge in [0.2, 0.25) is 0 Å². The van der Waals surface area contributed by atoms with Crippen molar-refractivity contribution >= 4 is 11.8 Å². The average molecular weight is 279 g/mol. The first kappa shape index (κ1) is 13.8. The van der Waals surface area contributed by atoms with Crippen LogP contribution in [0.1, 0.15) is 11.7 Å². The zero-order chi connectivity index (χ0) is 13.7. The number of methoxy groups -OCH3 is 1. The number of hydrogen-bond donors (Lipinski definition) is 1. The van der Waals surface area contributed by atoms with Crippen LogP contribution in [-0.2, 0) is 0 Å². The normalized spacial score (nSPS) is 12.2. The van der Waals surface area contributed by atoms with Crippen molar-refractivity contribution in [1.29, 1.82) is 0 Å². The first-order valence-corrected chi connectivity index (χ1v) is 6.74. The van der Waals surface area contributed by atoms with Crippen molar-refractivity contribution in [2.24, 2.45) is 0 Å². The molecular weight excluding hydrogens is 265 g/mol. The second kappa shape index (κ2) is 6.54. The van der Waals surface area contributed by atoms with Crippen LogP contribution in [0.15, 0.2) is 47.6 Å². The Morgan fingerprint density at radius 3 is 2.84 bits per heavy atom. The predicted octanol–water partition coefficient (Wildman–Crippen LogP) is 3.06. The summed E-state index contributed by atoms with van der Waals surface area (Å²) in [5.41, 5.74) is 0.529. The summed E-state index contributed by atoms with van der Waals surface area (Å²) >= 11 is 1.42. The Labute approximate surface area is 115 Å². The highest BCUT2D eigenvalue weighted by Gasteiger charge is 2.11. The Morgan fingerprint density at radius 2 is 2.21 bits per heavy atom. The maximum atomic E-state index is 13.5. The monoisotopic (exact) mass is 279 g/mol. The fraction of sp³-hybridized carbons (Fsp3) is 0.214. The van der Waals surface area contributed by atoms with Crippen LogP contribution in [0.2, 0.25) is 0 Å². The zero-order valence-corrected chi connectivity index (χ0v) is 11.2. The van der Waals surface area contributed by atoms with Crippen molar-refractivity contribution in [3.63, 3.8) is 0 Å². The van der Waals surface area contributed by atoms with Crippen molar-refractivity contribution in [3.8, 4) is 5.75 Å². The summed E-state index contributed by atoms with van der Waals surface area (Å²) in [6, 6.07) is 10.0. The molecule has 1 unspecified atom stereocenters. The van der Waals surface area contributed by atoms with Crippen LogP contribution in [0.5, 0.6) is 5.75 Å². The molecule has 0 bridgehead atoms. The molecule has 0 fully saturated rings. The number of pyridine rings is 1. The molecule has 0 amide bonds. The Morgan fingerprint density at radius 1 is 1.37 bits per heavy atom. The van der Waals surface area contributed by atoms with Gasteiger partial charge < -0.3 is 9.84 Å². The van der Waals surface area contributed by atoms with E-state index in [1.54, 1.807) is 12.3 Å². The predicted molar refractivity (Wildman–Crippen MR) is 72.9 cm³/mol. The van der Waals surface area contributed by atoms with Gasteiger partial charge in [-0.3, -0.25) is 0 Å². The highest BCUT2D eigenvalue weighted by Crippen LogP contribution is 2.26. The minimum absolute atomic E-state index is 0.174. The van der Waals surface area contributed by atoms with Gasteiger partial charge in [0.05, 0.1) is 18.2 Å². The molecule has 1 aromatic carbocycles. The zero-order valence-electron chi connectivity index (χ0n) is 10.4. The summed E-state index contributed by atoms with van der Waals surface area (Å²) in [6.07, 6.45) is 0.953. The van der Waals surface area contributed by atoms with Crippen molar-refractivity contribution in [1.82, 2.24) is 4.98 Å². The lowest BCUT2D eigenvalue weighted by Crippen LogP contribution is -2.02. The van der Waals surface area contributed by atoms with E-state index >= 15 is 0 Å². The molecule has 0 spiro atoms. The first-order valence-electron chi connectivity index (χ1n) is 5.76. The number of nitrogens with zero attached hydrogens (tertiary/aromatic N) is 1. The van der Waals surface area contributed by atoms with Crippen molar-refractivity contribution < 1.29 is 14.2 Å². The molecule has 1 heterocycles. The lowest BCUT2D eigenvalue weighted by molar-refractivity contribution is 0.203. The van der Waals surface area contributed by atoms with Crippen LogP contribution in [0.3, 0.4) is 0 Å². The molecule has 100 valence electrons. The molecule has 19 heavy (non-hydrogen) atoms. The standard InChI is InChI=1S/C14H14FNO2S/c1-18-13-6-5-10(8-11(13)15)12(17)9-19-14-4-2-3-7-16-14/h2-8,12,17H,9H2,1H3. The van der Waals surface area contributed by atoms with Gasteiger partial charge in [0.1, 0.15) is 0 Å². The molecule has 0 aliphatic heterocycles. The van der Waals surface area contributed by atoms with E-state index in [0.29, 0.717) is 11.3 Å². The lowest BCUT2D eigenvalue weighted by Gasteiger charge is -2.11. The summed E-state index contributed by atoms with van der Waals surface area (Å²) < 4.78 is 18.4. The maximum absolute atomic E-state index is 13.5. The lowest BCUT2D eigenvalue weighted by atomic mass is 10.1. The van der Waals surface area contributed by atoms with Gasteiger partial charge in [0.25, 0.3) is 0 Å². The van der Waals surface area contributed by atoms with Gasteiger partial charge in [-0.05, 0) is 29.8 Å². The Bertz CT molecular complexity index is 536. The van der Waals surface area contributed by atoms with Gasteiger partial charge in [0, 0.05) is 11.9 Å². The maximum Gasteiger partial charge on any atom is 0.165 e. The van der Waals surface area contributed by atoms with Crippen molar-refractivity contribution in [2.75, 3.05) is 12.9 Å². The highest BCUT2D eigenvalue weighted by molar-refractivity contribution is 7.99. The number of aromatic nitrogens is 1. The molecule has 0 saturated heterocycles. The van der Waals surface area contributed by atoms with Gasteiger partial charge in [0.15, 0.2) is 11.6 Å². The number of ether oxygens (including phenoxy) is 1. The molecule has 2 rings (SSSR count). The van der Waals surface area contributed by atoms with Crippen LogP contribution < -0.4 is 4.74 Å². The number of halogens is 1. The van der Waals surface area contributed by atoms with E-state index in [0.717, 1.165) is 5.03 Å². The molecule has 0 saturated carbocycles. The Balaban J connectivity index is 2.00. The third-order valence-corrected chi connectivity index (χ3v) is 3.61. The number of rotatable bonds is 5. The van der Waals surface area contributed by atoms with Crippen LogP contribution in [0.4, 0.5) is 4.39 Å². The third-order valence-electron chi connectivity index (χ3n) is 2.59. The second-order valence-electron chi connectivity index (χ2n) is 3.89. The summed E-state index contributed by atoms with van der Waals surface area (Å²) in [5.74, 6) is 0.123. The van der Waals surface area contributed by atoms with Gasteiger partial charge in [-0.25, -0.2) is 9.37 Å².